The van der Waals surface area contributed by atoms with E-state index in [0.29, 0.717) is 0 Å². The lowest BCUT2D eigenvalue weighted by atomic mass is 9.74. The van der Waals surface area contributed by atoms with E-state index in [1.165, 1.54) is 64.7 Å². The number of benzene rings is 7. The fraction of sp³-hybridized carbons (Fsp3) is 0.0213. The van der Waals surface area contributed by atoms with E-state index in [2.05, 4.69) is 170 Å². The number of aromatic nitrogens is 2. The van der Waals surface area contributed by atoms with Crippen molar-refractivity contribution in [2.75, 3.05) is 0 Å². The predicted octanol–water partition coefficient (Wildman–Crippen LogP) is 12.2. The third-order valence-electron chi connectivity index (χ3n) is 10.7. The maximum absolute atomic E-state index is 5.33. The number of rotatable bonds is 3. The van der Waals surface area contributed by atoms with Gasteiger partial charge in [-0.2, -0.15) is 0 Å². The highest BCUT2D eigenvalue weighted by Gasteiger charge is 2.53. The van der Waals surface area contributed by atoms with Crippen molar-refractivity contribution in [3.05, 3.63) is 191 Å². The van der Waals surface area contributed by atoms with Crippen LogP contribution in [0.1, 0.15) is 21.6 Å². The van der Waals surface area contributed by atoms with Crippen molar-refractivity contribution in [1.82, 2.24) is 9.97 Å². The molecule has 3 heteroatoms. The number of fused-ring (bicyclic) bond motifs is 13. The Labute approximate surface area is 294 Å². The zero-order valence-corrected chi connectivity index (χ0v) is 27.8. The molecule has 11 rings (SSSR count). The topological polar surface area (TPSA) is 25.8 Å². The molecule has 2 aliphatic carbocycles. The summed E-state index contributed by atoms with van der Waals surface area (Å²) in [6.45, 7) is 0. The van der Waals surface area contributed by atoms with E-state index in [0.717, 1.165) is 33.9 Å². The summed E-state index contributed by atoms with van der Waals surface area (Å²) < 4.78 is 1.32. The Morgan fingerprint density at radius 1 is 0.420 bits per heavy atom. The lowest BCUT2D eigenvalue weighted by Gasteiger charge is -2.29. The quantitative estimate of drug-likeness (QED) is 0.190. The molecule has 232 valence electrons. The third-order valence-corrected chi connectivity index (χ3v) is 12.0. The predicted molar refractivity (Wildman–Crippen MR) is 208 cm³/mol. The molecule has 0 radical (unpaired) electrons. The fourth-order valence-electron chi connectivity index (χ4n) is 8.61. The van der Waals surface area contributed by atoms with E-state index >= 15 is 0 Å². The average molecular weight is 653 g/mol. The van der Waals surface area contributed by atoms with Crippen LogP contribution in [0.5, 0.6) is 0 Å². The molecule has 7 aromatic carbocycles. The molecular weight excluding hydrogens is 625 g/mol. The minimum atomic E-state index is -0.374. The van der Waals surface area contributed by atoms with E-state index in [9.17, 15) is 0 Å². The first kappa shape index (κ1) is 27.8. The van der Waals surface area contributed by atoms with Crippen LogP contribution in [0, 0.1) is 0 Å². The number of nitrogens with zero attached hydrogens (tertiary/aromatic N) is 2. The van der Waals surface area contributed by atoms with Gasteiger partial charge in [0.15, 0.2) is 5.82 Å². The zero-order chi connectivity index (χ0) is 32.8. The van der Waals surface area contributed by atoms with Gasteiger partial charge in [0, 0.05) is 37.2 Å². The highest BCUT2D eigenvalue weighted by atomic mass is 32.1. The second-order valence-electron chi connectivity index (χ2n) is 13.3. The Hall–Kier alpha value is -6.16. The van der Waals surface area contributed by atoms with Crippen LogP contribution in [0.2, 0.25) is 0 Å². The summed E-state index contributed by atoms with van der Waals surface area (Å²) >= 11 is 1.94. The van der Waals surface area contributed by atoms with Crippen LogP contribution in [0.25, 0.3) is 77.0 Å². The molecular formula is C47H28N2S. The highest BCUT2D eigenvalue weighted by Crippen LogP contribution is 2.66. The maximum Gasteiger partial charge on any atom is 0.160 e. The molecule has 0 amide bonds. The molecule has 0 aliphatic heterocycles. The van der Waals surface area contributed by atoms with Gasteiger partial charge >= 0.3 is 0 Å². The van der Waals surface area contributed by atoms with E-state index in [1.54, 1.807) is 0 Å². The lowest BCUT2D eigenvalue weighted by Crippen LogP contribution is -2.24. The molecule has 2 aromatic heterocycles. The Balaban J connectivity index is 1.20. The van der Waals surface area contributed by atoms with Crippen molar-refractivity contribution in [3.8, 4) is 56.2 Å². The van der Waals surface area contributed by atoms with E-state index in [1.807, 2.05) is 11.3 Å². The number of hydrogen-bond donors (Lipinski definition) is 0. The summed E-state index contributed by atoms with van der Waals surface area (Å²) in [6.07, 6.45) is 0. The van der Waals surface area contributed by atoms with Crippen LogP contribution in [-0.4, -0.2) is 9.97 Å². The van der Waals surface area contributed by atoms with E-state index in [-0.39, 0.29) is 5.41 Å². The molecule has 2 aliphatic rings. The minimum absolute atomic E-state index is 0.374. The van der Waals surface area contributed by atoms with Gasteiger partial charge in [-0.15, -0.1) is 11.3 Å². The molecule has 50 heavy (non-hydrogen) atoms. The Kier molecular flexibility index (Phi) is 5.78. The van der Waals surface area contributed by atoms with Crippen molar-refractivity contribution in [2.45, 2.75) is 5.41 Å². The van der Waals surface area contributed by atoms with Gasteiger partial charge in [-0.3, -0.25) is 0 Å². The van der Waals surface area contributed by atoms with Gasteiger partial charge in [-0.05, 0) is 62.4 Å². The smallest absolute Gasteiger partial charge is 0.160 e. The van der Waals surface area contributed by atoms with Crippen molar-refractivity contribution in [2.24, 2.45) is 0 Å². The zero-order valence-electron chi connectivity index (χ0n) is 27.0. The van der Waals surface area contributed by atoms with Crippen molar-refractivity contribution >= 4 is 32.2 Å². The standard InChI is InChI=1S/C47H28N2S/c1-2-14-30(15-3-1)41-28-42(35-21-12-16-29-13-4-5-17-32(29)35)49-46(48-41)31-25-26-40-37(27-31)44-36-20-8-11-24-43(36)50-45(44)47(40)38-22-9-6-18-33(38)34-19-7-10-23-39(34)47/h1-28H. The average Bonchev–Trinajstić information content (AvgIpc) is 3.81. The van der Waals surface area contributed by atoms with Gasteiger partial charge in [0.2, 0.25) is 0 Å². The lowest BCUT2D eigenvalue weighted by molar-refractivity contribution is 0.812. The summed E-state index contributed by atoms with van der Waals surface area (Å²) in [6, 6.07) is 61.5. The van der Waals surface area contributed by atoms with Gasteiger partial charge < -0.3 is 0 Å². The first-order chi connectivity index (χ1) is 24.8. The largest absolute Gasteiger partial charge is 0.228 e. The Morgan fingerprint density at radius 2 is 1.04 bits per heavy atom. The van der Waals surface area contributed by atoms with Crippen molar-refractivity contribution < 1.29 is 0 Å². The first-order valence-corrected chi connectivity index (χ1v) is 17.9. The van der Waals surface area contributed by atoms with Gasteiger partial charge in [0.05, 0.1) is 16.8 Å². The normalized spacial score (nSPS) is 13.4. The van der Waals surface area contributed by atoms with Crippen LogP contribution in [0.4, 0.5) is 0 Å². The summed E-state index contributed by atoms with van der Waals surface area (Å²) in [5, 5.41) is 3.69. The summed E-state index contributed by atoms with van der Waals surface area (Å²) in [5.74, 6) is 0.728. The van der Waals surface area contributed by atoms with Crippen LogP contribution in [-0.2, 0) is 5.41 Å². The van der Waals surface area contributed by atoms with E-state index in [4.69, 9.17) is 9.97 Å². The molecule has 0 N–H and O–H groups in total. The summed E-state index contributed by atoms with van der Waals surface area (Å²) in [5.41, 5.74) is 14.0. The summed E-state index contributed by atoms with van der Waals surface area (Å²) in [4.78, 5) is 12.0. The first-order valence-electron chi connectivity index (χ1n) is 17.1. The van der Waals surface area contributed by atoms with Gasteiger partial charge in [-0.1, -0.05) is 152 Å². The molecule has 2 heterocycles. The molecule has 9 aromatic rings. The van der Waals surface area contributed by atoms with Gasteiger partial charge in [-0.25, -0.2) is 9.97 Å². The number of thiophene rings is 1. The molecule has 0 unspecified atom stereocenters. The van der Waals surface area contributed by atoms with Crippen LogP contribution in [0.3, 0.4) is 0 Å². The molecule has 0 bridgehead atoms. The van der Waals surface area contributed by atoms with Crippen LogP contribution < -0.4 is 0 Å². The van der Waals surface area contributed by atoms with Crippen LogP contribution in [0.15, 0.2) is 170 Å². The molecule has 0 atom stereocenters. The molecule has 0 saturated heterocycles. The third kappa shape index (κ3) is 3.73. The Morgan fingerprint density at radius 3 is 1.86 bits per heavy atom. The molecule has 0 saturated carbocycles. The maximum atomic E-state index is 5.33. The number of hydrogen-bond acceptors (Lipinski definition) is 3. The Bertz CT molecular complexity index is 2780. The van der Waals surface area contributed by atoms with Crippen LogP contribution >= 0.6 is 11.3 Å². The SMILES string of the molecule is c1ccc(-c2cc(-c3cccc4ccccc34)nc(-c3ccc4c(c3)-c3c(sc5ccccc35)C43c4ccccc4-c4ccccc43)n2)cc1. The highest BCUT2D eigenvalue weighted by molar-refractivity contribution is 7.20. The van der Waals surface area contributed by atoms with Gasteiger partial charge in [0.25, 0.3) is 0 Å². The second kappa shape index (κ2) is 10.4. The molecule has 2 nitrogen and oxygen atoms in total. The van der Waals surface area contributed by atoms with Gasteiger partial charge in [0.1, 0.15) is 0 Å². The minimum Gasteiger partial charge on any atom is -0.228 e. The monoisotopic (exact) mass is 652 g/mol. The van der Waals surface area contributed by atoms with Crippen molar-refractivity contribution in [1.29, 1.82) is 0 Å². The fourth-order valence-corrected chi connectivity index (χ4v) is 10.1. The van der Waals surface area contributed by atoms with E-state index < -0.39 is 0 Å². The summed E-state index contributed by atoms with van der Waals surface area (Å²) in [7, 11) is 0. The molecule has 0 fully saturated rings. The second-order valence-corrected chi connectivity index (χ2v) is 14.3. The molecule has 1 spiro atoms. The van der Waals surface area contributed by atoms with Crippen molar-refractivity contribution in [3.63, 3.8) is 0 Å².